The molecule has 0 aromatic carbocycles. The van der Waals surface area contributed by atoms with Gasteiger partial charge < -0.3 is 4.90 Å². The molecule has 7 heteroatoms. The van der Waals surface area contributed by atoms with E-state index in [2.05, 4.69) is 0 Å². The van der Waals surface area contributed by atoms with Gasteiger partial charge in [0.25, 0.3) is 0 Å². The fourth-order valence-electron chi connectivity index (χ4n) is 3.36. The van der Waals surface area contributed by atoms with Crippen LogP contribution in [0.2, 0.25) is 0 Å². The van der Waals surface area contributed by atoms with Crippen molar-refractivity contribution in [2.75, 3.05) is 19.6 Å². The van der Waals surface area contributed by atoms with Crippen molar-refractivity contribution in [3.8, 4) is 0 Å². The predicted octanol–water partition coefficient (Wildman–Crippen LogP) is 2.30. The minimum Gasteiger partial charge on any atom is -0.343 e. The number of sulfonamides is 1. The summed E-state index contributed by atoms with van der Waals surface area (Å²) in [6.45, 7) is 2.10. The van der Waals surface area contributed by atoms with Crippen LogP contribution in [0.25, 0.3) is 0 Å². The van der Waals surface area contributed by atoms with Gasteiger partial charge in [0, 0.05) is 37.5 Å². The van der Waals surface area contributed by atoms with E-state index in [-0.39, 0.29) is 11.9 Å². The zero-order chi connectivity index (χ0) is 15.6. The second-order valence-electron chi connectivity index (χ2n) is 6.00. The lowest BCUT2D eigenvalue weighted by Crippen LogP contribution is -2.45. The highest BCUT2D eigenvalue weighted by atomic mass is 32.2. The number of hydrogen-bond acceptors (Lipinski definition) is 4. The van der Waals surface area contributed by atoms with Crippen LogP contribution in [-0.2, 0) is 14.8 Å². The average molecular weight is 342 g/mol. The second kappa shape index (κ2) is 6.68. The topological polar surface area (TPSA) is 57.7 Å². The Labute approximate surface area is 136 Å². The third-order valence-corrected chi connectivity index (χ3v) is 7.36. The van der Waals surface area contributed by atoms with Crippen molar-refractivity contribution in [1.29, 1.82) is 0 Å². The lowest BCUT2D eigenvalue weighted by molar-refractivity contribution is -0.127. The summed E-state index contributed by atoms with van der Waals surface area (Å²) in [5.41, 5.74) is 0. The van der Waals surface area contributed by atoms with Gasteiger partial charge in [-0.15, -0.1) is 0 Å². The van der Waals surface area contributed by atoms with E-state index >= 15 is 0 Å². The van der Waals surface area contributed by atoms with E-state index in [1.165, 1.54) is 11.3 Å². The second-order valence-corrected chi connectivity index (χ2v) is 8.67. The molecule has 2 aliphatic heterocycles. The smallest absolute Gasteiger partial charge is 0.244 e. The molecule has 1 aromatic rings. The highest BCUT2D eigenvalue weighted by Gasteiger charge is 2.34. The summed E-state index contributed by atoms with van der Waals surface area (Å²) >= 11 is 1.41. The Balaban J connectivity index is 1.70. The summed E-state index contributed by atoms with van der Waals surface area (Å²) in [7, 11) is -3.39. The van der Waals surface area contributed by atoms with E-state index in [1.807, 2.05) is 4.90 Å². The molecule has 122 valence electrons. The van der Waals surface area contributed by atoms with Gasteiger partial charge in [0.15, 0.2) is 0 Å². The van der Waals surface area contributed by atoms with Gasteiger partial charge in [-0.25, -0.2) is 8.42 Å². The maximum atomic E-state index is 12.8. The molecule has 2 saturated heterocycles. The highest BCUT2D eigenvalue weighted by molar-refractivity contribution is 7.89. The van der Waals surface area contributed by atoms with Crippen molar-refractivity contribution in [2.24, 2.45) is 0 Å². The van der Waals surface area contributed by atoms with Gasteiger partial charge in [-0.2, -0.15) is 15.6 Å². The van der Waals surface area contributed by atoms with Gasteiger partial charge in [0.05, 0.1) is 4.90 Å². The molecule has 0 spiro atoms. The number of rotatable bonds is 5. The number of carbonyl (C=O) groups excluding carboxylic acids is 1. The molecule has 3 rings (SSSR count). The average Bonchev–Trinajstić information content (AvgIpc) is 3.17. The molecule has 1 atom stereocenters. The molecule has 22 heavy (non-hydrogen) atoms. The van der Waals surface area contributed by atoms with Crippen molar-refractivity contribution >= 4 is 27.3 Å². The summed E-state index contributed by atoms with van der Waals surface area (Å²) in [4.78, 5) is 14.0. The molecular weight excluding hydrogens is 320 g/mol. The SMILES string of the molecule is O=C1CCCN1CC[C@@H]1CCCCN1S(=O)(=O)c1ccsc1. The fraction of sp³-hybridized carbons (Fsp3) is 0.667. The zero-order valence-corrected chi connectivity index (χ0v) is 14.2. The monoisotopic (exact) mass is 342 g/mol. The third kappa shape index (κ3) is 3.21. The molecule has 1 aromatic heterocycles. The molecule has 0 N–H and O–H groups in total. The van der Waals surface area contributed by atoms with Crippen LogP contribution >= 0.6 is 11.3 Å². The van der Waals surface area contributed by atoms with Crippen LogP contribution < -0.4 is 0 Å². The van der Waals surface area contributed by atoms with Crippen LogP contribution in [-0.4, -0.2) is 49.2 Å². The Morgan fingerprint density at radius 1 is 1.23 bits per heavy atom. The van der Waals surface area contributed by atoms with E-state index in [0.717, 1.165) is 38.6 Å². The van der Waals surface area contributed by atoms with Gasteiger partial charge in [0.1, 0.15) is 0 Å². The number of nitrogens with zero attached hydrogens (tertiary/aromatic N) is 2. The maximum Gasteiger partial charge on any atom is 0.244 e. The highest BCUT2D eigenvalue weighted by Crippen LogP contribution is 2.28. The molecule has 2 aliphatic rings. The first-order valence-electron chi connectivity index (χ1n) is 7.91. The molecule has 0 bridgehead atoms. The molecule has 2 fully saturated rings. The summed E-state index contributed by atoms with van der Waals surface area (Å²) in [6.07, 6.45) is 5.19. The third-order valence-electron chi connectivity index (χ3n) is 4.58. The minimum absolute atomic E-state index is 0.0204. The minimum atomic E-state index is -3.39. The lowest BCUT2D eigenvalue weighted by Gasteiger charge is -2.35. The standard InChI is InChI=1S/C15H22N2O3S2/c18-15-5-3-8-16(15)10-6-13-4-1-2-9-17(13)22(19,20)14-7-11-21-12-14/h7,11-13H,1-6,8-10H2/t13-/m0/s1. The fourth-order valence-corrected chi connectivity index (χ4v) is 6.10. The molecule has 0 aliphatic carbocycles. The number of thiophene rings is 1. The summed E-state index contributed by atoms with van der Waals surface area (Å²) in [5, 5.41) is 3.50. The first kappa shape index (κ1) is 16.0. The molecular formula is C15H22N2O3S2. The quantitative estimate of drug-likeness (QED) is 0.825. The van der Waals surface area contributed by atoms with Crippen LogP contribution in [0.5, 0.6) is 0 Å². The largest absolute Gasteiger partial charge is 0.343 e. The van der Waals surface area contributed by atoms with Crippen molar-refractivity contribution in [3.63, 3.8) is 0 Å². The Hall–Kier alpha value is -0.920. The Bertz CT molecular complexity index is 613. The van der Waals surface area contributed by atoms with Gasteiger partial charge in [-0.3, -0.25) is 4.79 Å². The Morgan fingerprint density at radius 2 is 2.09 bits per heavy atom. The van der Waals surface area contributed by atoms with E-state index in [1.54, 1.807) is 21.1 Å². The van der Waals surface area contributed by atoms with Crippen molar-refractivity contribution in [3.05, 3.63) is 16.8 Å². The number of amides is 1. The number of hydrogen-bond donors (Lipinski definition) is 0. The molecule has 0 unspecified atom stereocenters. The van der Waals surface area contributed by atoms with Gasteiger partial charge in [-0.05, 0) is 37.1 Å². The van der Waals surface area contributed by atoms with E-state index in [0.29, 0.717) is 24.4 Å². The van der Waals surface area contributed by atoms with Gasteiger partial charge in [0.2, 0.25) is 15.9 Å². The molecule has 0 saturated carbocycles. The van der Waals surface area contributed by atoms with Crippen LogP contribution in [0.3, 0.4) is 0 Å². The molecule has 3 heterocycles. The number of likely N-dealkylation sites (tertiary alicyclic amines) is 1. The van der Waals surface area contributed by atoms with E-state index in [9.17, 15) is 13.2 Å². The summed E-state index contributed by atoms with van der Waals surface area (Å²) < 4.78 is 27.2. The number of piperidine rings is 1. The Morgan fingerprint density at radius 3 is 2.77 bits per heavy atom. The van der Waals surface area contributed by atoms with Crippen molar-refractivity contribution in [2.45, 2.75) is 49.5 Å². The predicted molar refractivity (Wildman–Crippen MR) is 86.3 cm³/mol. The first-order chi connectivity index (χ1) is 10.6. The zero-order valence-electron chi connectivity index (χ0n) is 12.6. The Kier molecular flexibility index (Phi) is 4.84. The van der Waals surface area contributed by atoms with Crippen LogP contribution in [0, 0.1) is 0 Å². The lowest BCUT2D eigenvalue weighted by atomic mass is 10.0. The summed E-state index contributed by atoms with van der Waals surface area (Å²) in [6, 6.07) is 1.70. The van der Waals surface area contributed by atoms with Gasteiger partial charge >= 0.3 is 0 Å². The van der Waals surface area contributed by atoms with Crippen LogP contribution in [0.4, 0.5) is 0 Å². The van der Waals surface area contributed by atoms with Crippen molar-refractivity contribution < 1.29 is 13.2 Å². The first-order valence-corrected chi connectivity index (χ1v) is 10.3. The van der Waals surface area contributed by atoms with Crippen LogP contribution in [0.15, 0.2) is 21.7 Å². The van der Waals surface area contributed by atoms with Crippen molar-refractivity contribution in [1.82, 2.24) is 9.21 Å². The molecule has 5 nitrogen and oxygen atoms in total. The van der Waals surface area contributed by atoms with Crippen LogP contribution in [0.1, 0.15) is 38.5 Å². The van der Waals surface area contributed by atoms with E-state index < -0.39 is 10.0 Å². The normalized spacial score (nSPS) is 24.1. The molecule has 0 radical (unpaired) electrons. The summed E-state index contributed by atoms with van der Waals surface area (Å²) in [5.74, 6) is 0.211. The van der Waals surface area contributed by atoms with E-state index in [4.69, 9.17) is 0 Å². The van der Waals surface area contributed by atoms with Gasteiger partial charge in [-0.1, -0.05) is 6.42 Å². The number of carbonyl (C=O) groups is 1. The maximum absolute atomic E-state index is 12.8. The molecule has 1 amide bonds.